The molecule has 0 atom stereocenters. The maximum Gasteiger partial charge on any atom is 0.573 e. The molecule has 1 amide bonds. The van der Waals surface area contributed by atoms with Crippen LogP contribution in [0, 0.1) is 0 Å². The van der Waals surface area contributed by atoms with Crippen LogP contribution in [-0.2, 0) is 6.42 Å². The molecule has 0 aromatic heterocycles. The van der Waals surface area contributed by atoms with E-state index in [1.54, 1.807) is 12.1 Å². The predicted molar refractivity (Wildman–Crippen MR) is 81.5 cm³/mol. The lowest BCUT2D eigenvalue weighted by molar-refractivity contribution is -0.274. The van der Waals surface area contributed by atoms with Crippen molar-refractivity contribution >= 4 is 11.6 Å². The first kappa shape index (κ1) is 16.9. The highest BCUT2D eigenvalue weighted by molar-refractivity contribution is 6.05. The van der Waals surface area contributed by atoms with Gasteiger partial charge in [-0.1, -0.05) is 37.6 Å². The van der Waals surface area contributed by atoms with Gasteiger partial charge in [0.2, 0.25) is 0 Å². The third-order valence-corrected chi connectivity index (χ3v) is 3.12. The van der Waals surface area contributed by atoms with Gasteiger partial charge in [0.25, 0.3) is 5.91 Å². The van der Waals surface area contributed by atoms with Crippen LogP contribution in [0.25, 0.3) is 0 Å². The van der Waals surface area contributed by atoms with Crippen LogP contribution in [0.3, 0.4) is 0 Å². The molecule has 122 valence electrons. The average Bonchev–Trinajstić information content (AvgIpc) is 2.49. The van der Waals surface area contributed by atoms with Gasteiger partial charge in [-0.2, -0.15) is 0 Å². The molecule has 1 N–H and O–H groups in total. The number of rotatable bonds is 5. The SMILES string of the molecule is CCCc1ccc(C(=O)Nc2ccccc2OC(F)(F)F)cc1. The smallest absolute Gasteiger partial charge is 0.404 e. The summed E-state index contributed by atoms with van der Waals surface area (Å²) in [7, 11) is 0. The van der Waals surface area contributed by atoms with Crippen molar-refractivity contribution in [2.75, 3.05) is 5.32 Å². The summed E-state index contributed by atoms with van der Waals surface area (Å²) in [6.45, 7) is 2.05. The minimum absolute atomic E-state index is 0.0348. The van der Waals surface area contributed by atoms with E-state index in [-0.39, 0.29) is 5.69 Å². The molecule has 6 heteroatoms. The van der Waals surface area contributed by atoms with Crippen LogP contribution in [0.15, 0.2) is 48.5 Å². The Hall–Kier alpha value is -2.50. The van der Waals surface area contributed by atoms with Crippen molar-refractivity contribution in [3.63, 3.8) is 0 Å². The maximum absolute atomic E-state index is 12.4. The van der Waals surface area contributed by atoms with Crippen molar-refractivity contribution in [1.29, 1.82) is 0 Å². The second kappa shape index (κ2) is 7.17. The number of hydrogen-bond donors (Lipinski definition) is 1. The Kier molecular flexibility index (Phi) is 5.26. The molecular weight excluding hydrogens is 307 g/mol. The van der Waals surface area contributed by atoms with Crippen LogP contribution in [0.2, 0.25) is 0 Å². The first-order valence-electron chi connectivity index (χ1n) is 7.14. The predicted octanol–water partition coefficient (Wildman–Crippen LogP) is 4.79. The number of carbonyl (C=O) groups is 1. The number of halogens is 3. The number of benzene rings is 2. The highest BCUT2D eigenvalue weighted by Gasteiger charge is 2.32. The zero-order valence-electron chi connectivity index (χ0n) is 12.5. The van der Waals surface area contributed by atoms with Gasteiger partial charge in [0, 0.05) is 5.56 Å². The average molecular weight is 323 g/mol. The largest absolute Gasteiger partial charge is 0.573 e. The Morgan fingerprint density at radius 3 is 2.35 bits per heavy atom. The number of ether oxygens (including phenoxy) is 1. The summed E-state index contributed by atoms with van der Waals surface area (Å²) in [4.78, 5) is 12.2. The van der Waals surface area contributed by atoms with Gasteiger partial charge in [-0.05, 0) is 36.2 Å². The zero-order valence-corrected chi connectivity index (χ0v) is 12.5. The summed E-state index contributed by atoms with van der Waals surface area (Å²) in [5.74, 6) is -0.942. The van der Waals surface area contributed by atoms with Gasteiger partial charge in [-0.15, -0.1) is 13.2 Å². The second-order valence-electron chi connectivity index (χ2n) is 4.95. The lowest BCUT2D eigenvalue weighted by atomic mass is 10.1. The van der Waals surface area contributed by atoms with E-state index in [0.717, 1.165) is 24.5 Å². The Morgan fingerprint density at radius 2 is 1.74 bits per heavy atom. The fourth-order valence-electron chi connectivity index (χ4n) is 2.09. The molecule has 0 aliphatic carbocycles. The summed E-state index contributed by atoms with van der Waals surface area (Å²) in [6.07, 6.45) is -2.92. The second-order valence-corrected chi connectivity index (χ2v) is 4.95. The van der Waals surface area contributed by atoms with E-state index in [9.17, 15) is 18.0 Å². The maximum atomic E-state index is 12.4. The highest BCUT2D eigenvalue weighted by atomic mass is 19.4. The molecule has 0 fully saturated rings. The zero-order chi connectivity index (χ0) is 16.9. The van der Waals surface area contributed by atoms with Crippen LogP contribution >= 0.6 is 0 Å². The topological polar surface area (TPSA) is 38.3 Å². The van der Waals surface area contributed by atoms with Gasteiger partial charge in [0.05, 0.1) is 5.69 Å². The normalized spacial score (nSPS) is 11.1. The van der Waals surface area contributed by atoms with Gasteiger partial charge in [0.15, 0.2) is 5.75 Å². The first-order valence-corrected chi connectivity index (χ1v) is 7.14. The lowest BCUT2D eigenvalue weighted by Crippen LogP contribution is -2.19. The molecule has 0 heterocycles. The van der Waals surface area contributed by atoms with E-state index in [1.165, 1.54) is 18.2 Å². The Morgan fingerprint density at radius 1 is 1.09 bits per heavy atom. The van der Waals surface area contributed by atoms with E-state index in [0.29, 0.717) is 5.56 Å². The summed E-state index contributed by atoms with van der Waals surface area (Å²) >= 11 is 0. The molecule has 0 unspecified atom stereocenters. The minimum Gasteiger partial charge on any atom is -0.404 e. The van der Waals surface area contributed by atoms with Crippen LogP contribution in [-0.4, -0.2) is 12.3 Å². The molecule has 2 aromatic rings. The number of aryl methyl sites for hydroxylation is 1. The fraction of sp³-hybridized carbons (Fsp3) is 0.235. The molecular formula is C17H16F3NO2. The van der Waals surface area contributed by atoms with Gasteiger partial charge in [-0.3, -0.25) is 4.79 Å². The van der Waals surface area contributed by atoms with Crippen LogP contribution in [0.1, 0.15) is 29.3 Å². The van der Waals surface area contributed by atoms with Crippen molar-refractivity contribution in [1.82, 2.24) is 0 Å². The molecule has 2 aromatic carbocycles. The number of anilines is 1. The van der Waals surface area contributed by atoms with Crippen molar-refractivity contribution < 1.29 is 22.7 Å². The van der Waals surface area contributed by atoms with E-state index < -0.39 is 18.0 Å². The van der Waals surface area contributed by atoms with Crippen LogP contribution < -0.4 is 10.1 Å². The van der Waals surface area contributed by atoms with Crippen molar-refractivity contribution in [2.45, 2.75) is 26.1 Å². The van der Waals surface area contributed by atoms with Crippen LogP contribution in [0.5, 0.6) is 5.75 Å². The number of carbonyl (C=O) groups excluding carboxylic acids is 1. The van der Waals surface area contributed by atoms with E-state index in [1.807, 2.05) is 12.1 Å². The Balaban J connectivity index is 2.14. The van der Waals surface area contributed by atoms with Crippen molar-refractivity contribution in [3.8, 4) is 5.75 Å². The lowest BCUT2D eigenvalue weighted by Gasteiger charge is -2.14. The van der Waals surface area contributed by atoms with Gasteiger partial charge >= 0.3 is 6.36 Å². The minimum atomic E-state index is -4.82. The number of alkyl halides is 3. The van der Waals surface area contributed by atoms with Gasteiger partial charge in [-0.25, -0.2) is 0 Å². The fourth-order valence-corrected chi connectivity index (χ4v) is 2.09. The summed E-state index contributed by atoms with van der Waals surface area (Å²) in [6, 6.07) is 12.4. The number of nitrogens with one attached hydrogen (secondary N) is 1. The molecule has 0 bridgehead atoms. The third kappa shape index (κ3) is 5.02. The third-order valence-electron chi connectivity index (χ3n) is 3.12. The molecule has 3 nitrogen and oxygen atoms in total. The molecule has 0 saturated heterocycles. The molecule has 0 aliphatic heterocycles. The molecule has 0 aliphatic rings. The first-order chi connectivity index (χ1) is 10.9. The summed E-state index contributed by atoms with van der Waals surface area (Å²) < 4.78 is 41.0. The van der Waals surface area contributed by atoms with E-state index in [2.05, 4.69) is 17.0 Å². The quantitative estimate of drug-likeness (QED) is 0.859. The number of hydrogen-bond acceptors (Lipinski definition) is 2. The van der Waals surface area contributed by atoms with Crippen molar-refractivity contribution in [2.24, 2.45) is 0 Å². The number of amides is 1. The Labute approximate surface area is 132 Å². The van der Waals surface area contributed by atoms with Crippen LogP contribution in [0.4, 0.5) is 18.9 Å². The summed E-state index contributed by atoms with van der Waals surface area (Å²) in [5, 5.41) is 2.44. The van der Waals surface area contributed by atoms with E-state index in [4.69, 9.17) is 0 Å². The number of para-hydroxylation sites is 2. The van der Waals surface area contributed by atoms with Gasteiger partial charge < -0.3 is 10.1 Å². The highest BCUT2D eigenvalue weighted by Crippen LogP contribution is 2.30. The van der Waals surface area contributed by atoms with E-state index >= 15 is 0 Å². The monoisotopic (exact) mass is 323 g/mol. The van der Waals surface area contributed by atoms with Crippen molar-refractivity contribution in [3.05, 3.63) is 59.7 Å². The molecule has 0 saturated carbocycles. The molecule has 0 radical (unpaired) electrons. The Bertz CT molecular complexity index is 666. The molecule has 0 spiro atoms. The van der Waals surface area contributed by atoms with Gasteiger partial charge in [0.1, 0.15) is 0 Å². The molecule has 2 rings (SSSR count). The summed E-state index contributed by atoms with van der Waals surface area (Å²) in [5.41, 5.74) is 1.43. The molecule has 23 heavy (non-hydrogen) atoms. The standard InChI is InChI=1S/C17H16F3NO2/c1-2-5-12-8-10-13(11-9-12)16(22)21-14-6-3-4-7-15(14)23-17(18,19)20/h3-4,6-11H,2,5H2,1H3,(H,21,22).